The van der Waals surface area contributed by atoms with Gasteiger partial charge in [0.2, 0.25) is 0 Å². The number of aromatic nitrogens is 2. The summed E-state index contributed by atoms with van der Waals surface area (Å²) in [6.07, 6.45) is 0. The molecule has 3 aromatic rings. The first kappa shape index (κ1) is 11.0. The Morgan fingerprint density at radius 2 is 1.83 bits per heavy atom. The molecule has 0 aliphatic rings. The first-order valence-corrected chi connectivity index (χ1v) is 5.96. The highest BCUT2D eigenvalue weighted by atomic mass is 16.5. The summed E-state index contributed by atoms with van der Waals surface area (Å²) in [5.41, 5.74) is 5.19. The largest absolute Gasteiger partial charge is 0.361 e. The predicted octanol–water partition coefficient (Wildman–Crippen LogP) is 3.82. The highest BCUT2D eigenvalue weighted by molar-refractivity contribution is 5.85. The SMILES string of the molecule is Cc1ccc2cc(-c3c(C)noc3C)ccc2n1. The van der Waals surface area contributed by atoms with Gasteiger partial charge in [-0.1, -0.05) is 17.3 Å². The van der Waals surface area contributed by atoms with Crippen molar-refractivity contribution in [2.24, 2.45) is 0 Å². The molecule has 0 spiro atoms. The summed E-state index contributed by atoms with van der Waals surface area (Å²) in [6, 6.07) is 10.4. The van der Waals surface area contributed by atoms with E-state index in [4.69, 9.17) is 4.52 Å². The number of hydrogen-bond acceptors (Lipinski definition) is 3. The molecule has 3 heteroatoms. The van der Waals surface area contributed by atoms with Crippen LogP contribution >= 0.6 is 0 Å². The van der Waals surface area contributed by atoms with E-state index in [2.05, 4.69) is 28.3 Å². The average molecular weight is 238 g/mol. The van der Waals surface area contributed by atoms with E-state index in [9.17, 15) is 0 Å². The van der Waals surface area contributed by atoms with Crippen molar-refractivity contribution < 1.29 is 4.52 Å². The Bertz CT molecular complexity index is 709. The van der Waals surface area contributed by atoms with Crippen LogP contribution in [0.2, 0.25) is 0 Å². The number of rotatable bonds is 1. The van der Waals surface area contributed by atoms with Gasteiger partial charge in [-0.15, -0.1) is 0 Å². The molecule has 2 aromatic heterocycles. The quantitative estimate of drug-likeness (QED) is 0.647. The minimum Gasteiger partial charge on any atom is -0.361 e. The molecule has 0 bridgehead atoms. The van der Waals surface area contributed by atoms with Crippen molar-refractivity contribution >= 4 is 10.9 Å². The van der Waals surface area contributed by atoms with Gasteiger partial charge in [-0.05, 0) is 44.5 Å². The number of aryl methyl sites for hydroxylation is 3. The van der Waals surface area contributed by atoms with Gasteiger partial charge in [0.15, 0.2) is 0 Å². The van der Waals surface area contributed by atoms with Gasteiger partial charge in [0, 0.05) is 16.6 Å². The van der Waals surface area contributed by atoms with Gasteiger partial charge in [0.1, 0.15) is 5.76 Å². The molecule has 0 amide bonds. The Kier molecular flexibility index (Phi) is 2.40. The highest BCUT2D eigenvalue weighted by Crippen LogP contribution is 2.29. The molecule has 90 valence electrons. The number of hydrogen-bond donors (Lipinski definition) is 0. The van der Waals surface area contributed by atoms with Crippen LogP contribution in [0.15, 0.2) is 34.9 Å². The zero-order valence-electron chi connectivity index (χ0n) is 10.7. The summed E-state index contributed by atoms with van der Waals surface area (Å²) in [5.74, 6) is 0.854. The van der Waals surface area contributed by atoms with Gasteiger partial charge < -0.3 is 4.52 Å². The van der Waals surface area contributed by atoms with Gasteiger partial charge in [-0.3, -0.25) is 4.98 Å². The molecule has 3 rings (SSSR count). The van der Waals surface area contributed by atoms with Crippen LogP contribution in [-0.2, 0) is 0 Å². The van der Waals surface area contributed by atoms with Crippen molar-refractivity contribution in [2.75, 3.05) is 0 Å². The van der Waals surface area contributed by atoms with Gasteiger partial charge in [0.05, 0.1) is 11.2 Å². The molecule has 18 heavy (non-hydrogen) atoms. The van der Waals surface area contributed by atoms with E-state index in [0.717, 1.165) is 39.2 Å². The molecule has 1 aromatic carbocycles. The van der Waals surface area contributed by atoms with Gasteiger partial charge in [-0.2, -0.15) is 0 Å². The van der Waals surface area contributed by atoms with Crippen LogP contribution in [0.25, 0.3) is 22.0 Å². The summed E-state index contributed by atoms with van der Waals surface area (Å²) in [7, 11) is 0. The van der Waals surface area contributed by atoms with Crippen LogP contribution in [0.4, 0.5) is 0 Å². The molecule has 0 saturated carbocycles. The van der Waals surface area contributed by atoms with Crippen LogP contribution in [0.1, 0.15) is 17.1 Å². The minimum atomic E-state index is 0.854. The molecule has 0 saturated heterocycles. The predicted molar refractivity (Wildman–Crippen MR) is 71.5 cm³/mol. The number of pyridine rings is 1. The molecular formula is C15H14N2O. The highest BCUT2D eigenvalue weighted by Gasteiger charge is 2.11. The fraction of sp³-hybridized carbons (Fsp3) is 0.200. The number of benzene rings is 1. The molecule has 0 aliphatic heterocycles. The zero-order valence-corrected chi connectivity index (χ0v) is 10.7. The van der Waals surface area contributed by atoms with Crippen LogP contribution < -0.4 is 0 Å². The van der Waals surface area contributed by atoms with Crippen LogP contribution in [0, 0.1) is 20.8 Å². The molecule has 0 N–H and O–H groups in total. The first-order chi connectivity index (χ1) is 8.65. The van der Waals surface area contributed by atoms with E-state index < -0.39 is 0 Å². The van der Waals surface area contributed by atoms with Crippen molar-refractivity contribution in [1.82, 2.24) is 10.1 Å². The van der Waals surface area contributed by atoms with Crippen LogP contribution in [-0.4, -0.2) is 10.1 Å². The maximum atomic E-state index is 5.22. The second-order valence-electron chi connectivity index (χ2n) is 4.56. The normalized spacial score (nSPS) is 11.1. The maximum Gasteiger partial charge on any atom is 0.141 e. The summed E-state index contributed by atoms with van der Waals surface area (Å²) < 4.78 is 5.22. The fourth-order valence-electron chi connectivity index (χ4n) is 2.28. The van der Waals surface area contributed by atoms with Gasteiger partial charge in [-0.25, -0.2) is 0 Å². The third kappa shape index (κ3) is 1.68. The van der Waals surface area contributed by atoms with Crippen molar-refractivity contribution in [3.05, 3.63) is 47.5 Å². The topological polar surface area (TPSA) is 38.9 Å². The zero-order chi connectivity index (χ0) is 12.7. The summed E-state index contributed by atoms with van der Waals surface area (Å²) in [6.45, 7) is 5.90. The molecular weight excluding hydrogens is 224 g/mol. The Morgan fingerprint density at radius 3 is 2.56 bits per heavy atom. The molecule has 2 heterocycles. The second kappa shape index (κ2) is 3.95. The Labute approximate surface area is 105 Å². The van der Waals surface area contributed by atoms with E-state index in [1.54, 1.807) is 0 Å². The van der Waals surface area contributed by atoms with Crippen LogP contribution in [0.3, 0.4) is 0 Å². The third-order valence-corrected chi connectivity index (χ3v) is 3.15. The van der Waals surface area contributed by atoms with Crippen molar-refractivity contribution in [1.29, 1.82) is 0 Å². The molecule has 3 nitrogen and oxygen atoms in total. The molecule has 0 unspecified atom stereocenters. The lowest BCUT2D eigenvalue weighted by Gasteiger charge is -2.03. The summed E-state index contributed by atoms with van der Waals surface area (Å²) in [4.78, 5) is 4.50. The summed E-state index contributed by atoms with van der Waals surface area (Å²) in [5, 5.41) is 5.13. The van der Waals surface area contributed by atoms with E-state index in [-0.39, 0.29) is 0 Å². The Morgan fingerprint density at radius 1 is 1.00 bits per heavy atom. The Balaban J connectivity index is 2.23. The monoisotopic (exact) mass is 238 g/mol. The lowest BCUT2D eigenvalue weighted by molar-refractivity contribution is 0.393. The second-order valence-corrected chi connectivity index (χ2v) is 4.56. The third-order valence-electron chi connectivity index (χ3n) is 3.15. The summed E-state index contributed by atoms with van der Waals surface area (Å²) >= 11 is 0. The first-order valence-electron chi connectivity index (χ1n) is 5.96. The maximum absolute atomic E-state index is 5.22. The van der Waals surface area contributed by atoms with E-state index in [1.165, 1.54) is 0 Å². The molecule has 0 aliphatic carbocycles. The van der Waals surface area contributed by atoms with Crippen molar-refractivity contribution in [2.45, 2.75) is 20.8 Å². The minimum absolute atomic E-state index is 0.854. The van der Waals surface area contributed by atoms with Crippen LogP contribution in [0.5, 0.6) is 0 Å². The lowest BCUT2D eigenvalue weighted by atomic mass is 10.0. The van der Waals surface area contributed by atoms with Gasteiger partial charge in [0.25, 0.3) is 0 Å². The van der Waals surface area contributed by atoms with E-state index >= 15 is 0 Å². The molecule has 0 fully saturated rings. The van der Waals surface area contributed by atoms with Gasteiger partial charge >= 0.3 is 0 Å². The smallest absolute Gasteiger partial charge is 0.141 e. The number of nitrogens with zero attached hydrogens (tertiary/aromatic N) is 2. The average Bonchev–Trinajstić information content (AvgIpc) is 2.69. The van der Waals surface area contributed by atoms with Crippen molar-refractivity contribution in [3.8, 4) is 11.1 Å². The lowest BCUT2D eigenvalue weighted by Crippen LogP contribution is -1.86. The fourth-order valence-corrected chi connectivity index (χ4v) is 2.28. The van der Waals surface area contributed by atoms with Crippen molar-refractivity contribution in [3.63, 3.8) is 0 Å². The number of fused-ring (bicyclic) bond motifs is 1. The Hall–Kier alpha value is -2.16. The van der Waals surface area contributed by atoms with E-state index in [1.807, 2.05) is 32.9 Å². The van der Waals surface area contributed by atoms with E-state index in [0.29, 0.717) is 0 Å². The standard InChI is InChI=1S/C15H14N2O/c1-9-4-5-12-8-13(6-7-14(12)16-9)15-10(2)17-18-11(15)3/h4-8H,1-3H3. The molecule has 0 atom stereocenters. The molecule has 0 radical (unpaired) electrons.